The summed E-state index contributed by atoms with van der Waals surface area (Å²) in [6.07, 6.45) is 0. The van der Waals surface area contributed by atoms with Gasteiger partial charge in [0.25, 0.3) is 0 Å². The molecule has 1 heterocycles. The summed E-state index contributed by atoms with van der Waals surface area (Å²) in [5, 5.41) is 0.761. The van der Waals surface area contributed by atoms with Crippen molar-refractivity contribution in [2.75, 3.05) is 5.43 Å². The monoisotopic (exact) mass is 247 g/mol. The first-order valence-corrected chi connectivity index (χ1v) is 6.37. The lowest BCUT2D eigenvalue weighted by Crippen LogP contribution is -2.05. The zero-order valence-electron chi connectivity index (χ0n) is 10.6. The Morgan fingerprint density at radius 3 is 2.18 bits per heavy atom. The summed E-state index contributed by atoms with van der Waals surface area (Å²) >= 11 is 1.58. The molecule has 4 heteroatoms. The first-order valence-electron chi connectivity index (χ1n) is 5.55. The molecule has 3 N–H and O–H groups in total. The molecule has 0 aliphatic rings. The van der Waals surface area contributed by atoms with Gasteiger partial charge in [0, 0.05) is 10.4 Å². The van der Waals surface area contributed by atoms with E-state index in [1.165, 1.54) is 27.1 Å². The summed E-state index contributed by atoms with van der Waals surface area (Å²) in [7, 11) is 0. The molecule has 0 fully saturated rings. The maximum absolute atomic E-state index is 5.41. The smallest absolute Gasteiger partial charge is 0.197 e. The zero-order chi connectivity index (χ0) is 12.6. The highest BCUT2D eigenvalue weighted by molar-refractivity contribution is 7.15. The van der Waals surface area contributed by atoms with E-state index < -0.39 is 0 Å². The van der Waals surface area contributed by atoms with Crippen LogP contribution in [0.25, 0.3) is 11.3 Å². The van der Waals surface area contributed by atoms with Crippen molar-refractivity contribution >= 4 is 16.5 Å². The molecule has 0 saturated heterocycles. The van der Waals surface area contributed by atoms with Crippen LogP contribution in [0.4, 0.5) is 5.13 Å². The van der Waals surface area contributed by atoms with Gasteiger partial charge in [0.05, 0.1) is 5.69 Å². The van der Waals surface area contributed by atoms with Crippen LogP contribution < -0.4 is 11.3 Å². The number of nitrogens with two attached hydrogens (primary N) is 1. The van der Waals surface area contributed by atoms with Crippen molar-refractivity contribution < 1.29 is 0 Å². The summed E-state index contributed by atoms with van der Waals surface area (Å²) in [4.78, 5) is 5.72. The number of thiazole rings is 1. The van der Waals surface area contributed by atoms with E-state index in [0.717, 1.165) is 10.8 Å². The van der Waals surface area contributed by atoms with Crippen molar-refractivity contribution in [3.8, 4) is 11.3 Å². The minimum Gasteiger partial charge on any atom is -0.300 e. The van der Waals surface area contributed by atoms with E-state index >= 15 is 0 Å². The van der Waals surface area contributed by atoms with E-state index in [1.807, 2.05) is 0 Å². The Morgan fingerprint density at radius 2 is 1.71 bits per heavy atom. The van der Waals surface area contributed by atoms with Crippen molar-refractivity contribution in [1.29, 1.82) is 0 Å². The molecule has 0 amide bonds. The highest BCUT2D eigenvalue weighted by Gasteiger charge is 2.13. The number of nitrogen functional groups attached to an aromatic ring is 1. The second-order valence-corrected chi connectivity index (χ2v) is 5.55. The van der Waals surface area contributed by atoms with Crippen LogP contribution in [0.5, 0.6) is 0 Å². The van der Waals surface area contributed by atoms with Crippen LogP contribution in [0.15, 0.2) is 12.1 Å². The lowest BCUT2D eigenvalue weighted by atomic mass is 9.97. The molecule has 3 nitrogen and oxygen atoms in total. The Balaban J connectivity index is 2.63. The zero-order valence-corrected chi connectivity index (χ0v) is 11.4. The first kappa shape index (κ1) is 12.1. The fourth-order valence-corrected chi connectivity index (χ4v) is 2.97. The lowest BCUT2D eigenvalue weighted by molar-refractivity contribution is 1.25. The van der Waals surface area contributed by atoms with Crippen LogP contribution in [-0.4, -0.2) is 4.98 Å². The summed E-state index contributed by atoms with van der Waals surface area (Å²) in [6, 6.07) is 4.38. The van der Waals surface area contributed by atoms with E-state index in [0.29, 0.717) is 0 Å². The molecule has 0 spiro atoms. The number of benzene rings is 1. The molecule has 1 aromatic heterocycles. The van der Waals surface area contributed by atoms with Gasteiger partial charge in [-0.15, -0.1) is 11.3 Å². The molecule has 0 aliphatic heterocycles. The SMILES string of the molecule is Cc1cc(C)c(-c2nc(NN)sc2C)c(C)c1. The Kier molecular flexibility index (Phi) is 3.17. The molecule has 2 rings (SSSR count). The molecule has 17 heavy (non-hydrogen) atoms. The number of anilines is 1. The first-order chi connectivity index (χ1) is 8.02. The molecule has 90 valence electrons. The van der Waals surface area contributed by atoms with Crippen LogP contribution in [0.3, 0.4) is 0 Å². The number of hydrazine groups is 1. The summed E-state index contributed by atoms with van der Waals surface area (Å²) in [6.45, 7) is 8.45. The van der Waals surface area contributed by atoms with Crippen molar-refractivity contribution in [3.63, 3.8) is 0 Å². The van der Waals surface area contributed by atoms with Gasteiger partial charge in [0.1, 0.15) is 0 Å². The van der Waals surface area contributed by atoms with Gasteiger partial charge in [-0.1, -0.05) is 17.7 Å². The standard InChI is InChI=1S/C13H17N3S/c1-7-5-8(2)11(9(3)6-7)12-10(4)17-13(15-12)16-14/h5-6H,14H2,1-4H3,(H,15,16). The topological polar surface area (TPSA) is 50.9 Å². The molecule has 0 unspecified atom stereocenters. The average molecular weight is 247 g/mol. The molecule has 0 radical (unpaired) electrons. The molecule has 0 atom stereocenters. The molecular formula is C13H17N3S. The third kappa shape index (κ3) is 2.18. The fraction of sp³-hybridized carbons (Fsp3) is 0.308. The summed E-state index contributed by atoms with van der Waals surface area (Å²) in [5.74, 6) is 5.41. The molecule has 0 bridgehead atoms. The van der Waals surface area contributed by atoms with Crippen LogP contribution in [0, 0.1) is 27.7 Å². The van der Waals surface area contributed by atoms with Gasteiger partial charge in [-0.2, -0.15) is 0 Å². The maximum Gasteiger partial charge on any atom is 0.197 e. The summed E-state index contributed by atoms with van der Waals surface area (Å²) in [5.41, 5.74) is 8.70. The number of aryl methyl sites for hydroxylation is 4. The van der Waals surface area contributed by atoms with Gasteiger partial charge in [0.2, 0.25) is 0 Å². The number of rotatable bonds is 2. The minimum absolute atomic E-state index is 0.761. The highest BCUT2D eigenvalue weighted by atomic mass is 32.1. The Labute approximate surface area is 106 Å². The minimum atomic E-state index is 0.761. The molecule has 0 saturated carbocycles. The third-order valence-electron chi connectivity index (χ3n) is 2.83. The molecule has 0 aliphatic carbocycles. The third-order valence-corrected chi connectivity index (χ3v) is 3.74. The summed E-state index contributed by atoms with van der Waals surface area (Å²) < 4.78 is 0. The van der Waals surface area contributed by atoms with Crippen LogP contribution in [0.2, 0.25) is 0 Å². The van der Waals surface area contributed by atoms with E-state index in [9.17, 15) is 0 Å². The van der Waals surface area contributed by atoms with E-state index in [1.54, 1.807) is 11.3 Å². The van der Waals surface area contributed by atoms with Gasteiger partial charge in [-0.3, -0.25) is 5.43 Å². The highest BCUT2D eigenvalue weighted by Crippen LogP contribution is 2.34. The largest absolute Gasteiger partial charge is 0.300 e. The van der Waals surface area contributed by atoms with Gasteiger partial charge in [-0.25, -0.2) is 10.8 Å². The lowest BCUT2D eigenvalue weighted by Gasteiger charge is -2.09. The van der Waals surface area contributed by atoms with Gasteiger partial charge in [0.15, 0.2) is 5.13 Å². The molecule has 2 aromatic rings. The van der Waals surface area contributed by atoms with E-state index in [4.69, 9.17) is 5.84 Å². The van der Waals surface area contributed by atoms with Crippen LogP contribution >= 0.6 is 11.3 Å². The number of nitrogens with zero attached hydrogens (tertiary/aromatic N) is 1. The second kappa shape index (κ2) is 4.47. The van der Waals surface area contributed by atoms with E-state index in [2.05, 4.69) is 50.2 Å². The quantitative estimate of drug-likeness (QED) is 0.632. The number of hydrogen-bond donors (Lipinski definition) is 2. The fourth-order valence-electron chi connectivity index (χ4n) is 2.24. The van der Waals surface area contributed by atoms with E-state index in [-0.39, 0.29) is 0 Å². The van der Waals surface area contributed by atoms with Crippen molar-refractivity contribution in [2.24, 2.45) is 5.84 Å². The van der Waals surface area contributed by atoms with Gasteiger partial charge < -0.3 is 0 Å². The van der Waals surface area contributed by atoms with Crippen molar-refractivity contribution in [2.45, 2.75) is 27.7 Å². The van der Waals surface area contributed by atoms with Crippen LogP contribution in [-0.2, 0) is 0 Å². The number of hydrogen-bond acceptors (Lipinski definition) is 4. The van der Waals surface area contributed by atoms with Gasteiger partial charge in [-0.05, 0) is 38.8 Å². The van der Waals surface area contributed by atoms with Crippen LogP contribution in [0.1, 0.15) is 21.6 Å². The number of nitrogens with one attached hydrogen (secondary N) is 1. The molecule has 1 aromatic carbocycles. The predicted octanol–water partition coefficient (Wildman–Crippen LogP) is 3.33. The average Bonchev–Trinajstić information content (AvgIpc) is 2.59. The maximum atomic E-state index is 5.41. The number of aromatic nitrogens is 1. The Morgan fingerprint density at radius 1 is 1.12 bits per heavy atom. The Hall–Kier alpha value is -1.39. The second-order valence-electron chi connectivity index (χ2n) is 4.34. The van der Waals surface area contributed by atoms with Gasteiger partial charge >= 0.3 is 0 Å². The Bertz CT molecular complexity index is 535. The molecular weight excluding hydrogens is 230 g/mol. The predicted molar refractivity (Wildman–Crippen MR) is 74.3 cm³/mol. The van der Waals surface area contributed by atoms with Crippen molar-refractivity contribution in [1.82, 2.24) is 4.98 Å². The normalized spacial score (nSPS) is 10.6. The van der Waals surface area contributed by atoms with Crippen molar-refractivity contribution in [3.05, 3.63) is 33.7 Å².